The van der Waals surface area contributed by atoms with E-state index >= 15 is 0 Å². The Morgan fingerprint density at radius 3 is 2.69 bits per heavy atom. The fraction of sp³-hybridized carbons (Fsp3) is 0.364. The predicted molar refractivity (Wildman–Crippen MR) is 110 cm³/mol. The Morgan fingerprint density at radius 1 is 1.14 bits per heavy atom. The van der Waals surface area contributed by atoms with Crippen molar-refractivity contribution in [2.24, 2.45) is 0 Å². The quantitative estimate of drug-likeness (QED) is 0.615. The molecule has 1 saturated heterocycles. The van der Waals surface area contributed by atoms with Crippen LogP contribution in [0.5, 0.6) is 0 Å². The van der Waals surface area contributed by atoms with Crippen LogP contribution in [0, 0.1) is 0 Å². The van der Waals surface area contributed by atoms with E-state index in [4.69, 9.17) is 4.52 Å². The standard InChI is InChI=1S/C22H25N5O2/c1-26(16-18-6-2-3-7-19(18)27-14-4-5-15-27)21(28)9-8-20-24-22(25-29-20)17-10-12-23-13-11-17/h2-3,6-7,10-13H,4-5,8-9,14-16H2,1H3. The van der Waals surface area contributed by atoms with Crippen LogP contribution < -0.4 is 4.90 Å². The normalized spacial score (nSPS) is 13.6. The zero-order valence-electron chi connectivity index (χ0n) is 16.6. The van der Waals surface area contributed by atoms with Crippen molar-refractivity contribution in [1.29, 1.82) is 0 Å². The lowest BCUT2D eigenvalue weighted by atomic mass is 10.1. The number of aromatic nitrogens is 3. The van der Waals surface area contributed by atoms with Gasteiger partial charge in [0.05, 0.1) is 0 Å². The Labute approximate surface area is 170 Å². The third-order valence-corrected chi connectivity index (χ3v) is 5.23. The lowest BCUT2D eigenvalue weighted by molar-refractivity contribution is -0.130. The Balaban J connectivity index is 1.34. The van der Waals surface area contributed by atoms with Crippen LogP contribution in [-0.4, -0.2) is 46.1 Å². The van der Waals surface area contributed by atoms with Gasteiger partial charge in [-0.25, -0.2) is 0 Å². The highest BCUT2D eigenvalue weighted by atomic mass is 16.5. The Kier molecular flexibility index (Phi) is 5.84. The summed E-state index contributed by atoms with van der Waals surface area (Å²) in [5, 5.41) is 3.99. The first-order valence-electron chi connectivity index (χ1n) is 10.0. The number of benzene rings is 1. The van der Waals surface area contributed by atoms with Crippen LogP contribution >= 0.6 is 0 Å². The van der Waals surface area contributed by atoms with E-state index in [9.17, 15) is 4.79 Å². The summed E-state index contributed by atoms with van der Waals surface area (Å²) in [5.41, 5.74) is 3.27. The summed E-state index contributed by atoms with van der Waals surface area (Å²) in [7, 11) is 1.85. The molecule has 4 rings (SSSR count). The molecule has 1 aliphatic rings. The number of amides is 1. The molecule has 7 nitrogen and oxygen atoms in total. The number of nitrogens with zero attached hydrogens (tertiary/aromatic N) is 5. The maximum absolute atomic E-state index is 12.6. The average Bonchev–Trinajstić information content (AvgIpc) is 3.45. The van der Waals surface area contributed by atoms with Crippen molar-refractivity contribution in [2.45, 2.75) is 32.2 Å². The summed E-state index contributed by atoms with van der Waals surface area (Å²) in [6.45, 7) is 2.77. The van der Waals surface area contributed by atoms with Gasteiger partial charge in [0.15, 0.2) is 0 Å². The van der Waals surface area contributed by atoms with E-state index in [1.165, 1.54) is 24.1 Å². The summed E-state index contributed by atoms with van der Waals surface area (Å²) in [5.74, 6) is 1.05. The zero-order valence-corrected chi connectivity index (χ0v) is 16.6. The van der Waals surface area contributed by atoms with Crippen LogP contribution in [0.4, 0.5) is 5.69 Å². The van der Waals surface area contributed by atoms with Crippen molar-refractivity contribution in [3.8, 4) is 11.4 Å². The molecule has 7 heteroatoms. The molecule has 2 aromatic heterocycles. The smallest absolute Gasteiger partial charge is 0.227 e. The number of rotatable bonds is 7. The molecule has 0 aliphatic carbocycles. The highest BCUT2D eigenvalue weighted by molar-refractivity contribution is 5.76. The summed E-state index contributed by atoms with van der Waals surface area (Å²) in [6, 6.07) is 12.0. The van der Waals surface area contributed by atoms with Crippen LogP contribution in [0.3, 0.4) is 0 Å². The van der Waals surface area contributed by atoms with Gasteiger partial charge >= 0.3 is 0 Å². The maximum atomic E-state index is 12.6. The van der Waals surface area contributed by atoms with Gasteiger partial charge in [-0.05, 0) is 36.6 Å². The van der Waals surface area contributed by atoms with E-state index in [-0.39, 0.29) is 5.91 Å². The molecule has 1 aliphatic heterocycles. The van der Waals surface area contributed by atoms with Gasteiger partial charge in [-0.2, -0.15) is 4.98 Å². The van der Waals surface area contributed by atoms with Crippen molar-refractivity contribution in [1.82, 2.24) is 20.0 Å². The van der Waals surface area contributed by atoms with Crippen molar-refractivity contribution >= 4 is 11.6 Å². The van der Waals surface area contributed by atoms with Crippen molar-refractivity contribution in [3.05, 3.63) is 60.2 Å². The molecule has 150 valence electrons. The van der Waals surface area contributed by atoms with Gasteiger partial charge in [-0.1, -0.05) is 23.4 Å². The summed E-state index contributed by atoms with van der Waals surface area (Å²) < 4.78 is 5.30. The van der Waals surface area contributed by atoms with Gasteiger partial charge in [0.1, 0.15) is 0 Å². The molecular formula is C22H25N5O2. The van der Waals surface area contributed by atoms with Gasteiger partial charge in [-0.15, -0.1) is 0 Å². The van der Waals surface area contributed by atoms with Crippen molar-refractivity contribution in [3.63, 3.8) is 0 Å². The van der Waals surface area contributed by atoms with E-state index in [0.29, 0.717) is 31.1 Å². The van der Waals surface area contributed by atoms with Crippen molar-refractivity contribution in [2.75, 3.05) is 25.0 Å². The first kappa shape index (κ1) is 19.1. The second-order valence-corrected chi connectivity index (χ2v) is 7.32. The van der Waals surface area contributed by atoms with Gasteiger partial charge in [-0.3, -0.25) is 9.78 Å². The van der Waals surface area contributed by atoms with Crippen LogP contribution in [-0.2, 0) is 17.8 Å². The van der Waals surface area contributed by atoms with Crippen molar-refractivity contribution < 1.29 is 9.32 Å². The molecule has 1 aromatic carbocycles. The number of aryl methyl sites for hydroxylation is 1. The molecule has 0 bridgehead atoms. The minimum Gasteiger partial charge on any atom is -0.371 e. The first-order chi connectivity index (χ1) is 14.2. The number of hydrogen-bond donors (Lipinski definition) is 0. The van der Waals surface area contributed by atoms with Gasteiger partial charge in [0.2, 0.25) is 17.6 Å². The van der Waals surface area contributed by atoms with Crippen LogP contribution in [0.15, 0.2) is 53.3 Å². The molecule has 29 heavy (non-hydrogen) atoms. The zero-order chi connectivity index (χ0) is 20.1. The largest absolute Gasteiger partial charge is 0.371 e. The van der Waals surface area contributed by atoms with Crippen LogP contribution in [0.1, 0.15) is 30.7 Å². The number of anilines is 1. The fourth-order valence-corrected chi connectivity index (χ4v) is 3.63. The molecule has 0 atom stereocenters. The highest BCUT2D eigenvalue weighted by Gasteiger charge is 2.18. The third-order valence-electron chi connectivity index (χ3n) is 5.23. The lowest BCUT2D eigenvalue weighted by Gasteiger charge is -2.24. The number of carbonyl (C=O) groups excluding carboxylic acids is 1. The second kappa shape index (κ2) is 8.86. The van der Waals surface area contributed by atoms with E-state index in [1.807, 2.05) is 25.2 Å². The van der Waals surface area contributed by atoms with E-state index < -0.39 is 0 Å². The lowest BCUT2D eigenvalue weighted by Crippen LogP contribution is -2.28. The SMILES string of the molecule is CN(Cc1ccccc1N1CCCC1)C(=O)CCc1nc(-c2ccncc2)no1. The van der Waals surface area contributed by atoms with E-state index in [0.717, 1.165) is 18.7 Å². The molecule has 0 N–H and O–H groups in total. The molecule has 3 heterocycles. The van der Waals surface area contributed by atoms with E-state index in [2.05, 4.69) is 38.2 Å². The van der Waals surface area contributed by atoms with Gasteiger partial charge in [0.25, 0.3) is 0 Å². The minimum absolute atomic E-state index is 0.0601. The van der Waals surface area contributed by atoms with Gasteiger partial charge < -0.3 is 14.3 Å². The second-order valence-electron chi connectivity index (χ2n) is 7.32. The molecule has 1 fully saturated rings. The third kappa shape index (κ3) is 4.62. The Morgan fingerprint density at radius 2 is 1.90 bits per heavy atom. The number of para-hydroxylation sites is 1. The molecular weight excluding hydrogens is 366 g/mol. The maximum Gasteiger partial charge on any atom is 0.227 e. The number of pyridine rings is 1. The molecule has 0 spiro atoms. The van der Waals surface area contributed by atoms with Crippen LogP contribution in [0.2, 0.25) is 0 Å². The van der Waals surface area contributed by atoms with Crippen LogP contribution in [0.25, 0.3) is 11.4 Å². The number of hydrogen-bond acceptors (Lipinski definition) is 6. The van der Waals surface area contributed by atoms with Gasteiger partial charge in [0, 0.05) is 63.2 Å². The minimum atomic E-state index is 0.0601. The Hall–Kier alpha value is -3.22. The highest BCUT2D eigenvalue weighted by Crippen LogP contribution is 2.25. The average molecular weight is 391 g/mol. The number of carbonyl (C=O) groups is 1. The fourth-order valence-electron chi connectivity index (χ4n) is 3.63. The monoisotopic (exact) mass is 391 g/mol. The molecule has 3 aromatic rings. The topological polar surface area (TPSA) is 75.4 Å². The molecule has 0 unspecified atom stereocenters. The Bertz CT molecular complexity index is 951. The molecule has 1 amide bonds. The first-order valence-corrected chi connectivity index (χ1v) is 10.0. The summed E-state index contributed by atoms with van der Waals surface area (Å²) in [4.78, 5) is 25.2. The summed E-state index contributed by atoms with van der Waals surface area (Å²) >= 11 is 0. The summed E-state index contributed by atoms with van der Waals surface area (Å²) in [6.07, 6.45) is 6.59. The molecule has 0 radical (unpaired) electrons. The van der Waals surface area contributed by atoms with E-state index in [1.54, 1.807) is 17.3 Å². The molecule has 0 saturated carbocycles. The predicted octanol–water partition coefficient (Wildman–Crippen LogP) is 3.32.